The molecule has 3 saturated carbocycles. The predicted molar refractivity (Wildman–Crippen MR) is 102 cm³/mol. The second kappa shape index (κ2) is 8.86. The summed E-state index contributed by atoms with van der Waals surface area (Å²) in [5.74, 6) is 6.06. The second-order valence-electron chi connectivity index (χ2n) is 9.35. The average Bonchev–Trinajstić information content (AvgIpc) is 2.65. The Bertz CT molecular complexity index is 393. The van der Waals surface area contributed by atoms with Crippen molar-refractivity contribution in [2.24, 2.45) is 35.5 Å². The smallest absolute Gasteiger partial charge is 0.135 e. The van der Waals surface area contributed by atoms with Crippen LogP contribution in [0, 0.1) is 35.5 Å². The van der Waals surface area contributed by atoms with Gasteiger partial charge in [0.25, 0.3) is 0 Å². The van der Waals surface area contributed by atoms with E-state index in [4.69, 9.17) is 0 Å². The van der Waals surface area contributed by atoms with Crippen LogP contribution in [0.4, 0.5) is 0 Å². The summed E-state index contributed by atoms with van der Waals surface area (Å²) in [7, 11) is 0. The SMILES string of the molecule is CCCC[C@H]1CC[C@@H]2C[C@H](C3CCC(C(=O)CC)CC3)CC[C@H]2C1. The molecule has 24 heavy (non-hydrogen) atoms. The zero-order valence-corrected chi connectivity index (χ0v) is 16.3. The first-order valence-electron chi connectivity index (χ1n) is 11.2. The van der Waals surface area contributed by atoms with E-state index in [2.05, 4.69) is 6.92 Å². The molecule has 0 heterocycles. The monoisotopic (exact) mass is 332 g/mol. The third-order valence-electron chi connectivity index (χ3n) is 7.97. The molecule has 0 amide bonds. The molecule has 0 aromatic heterocycles. The van der Waals surface area contributed by atoms with Gasteiger partial charge in [0.15, 0.2) is 0 Å². The van der Waals surface area contributed by atoms with Gasteiger partial charge in [0.05, 0.1) is 0 Å². The van der Waals surface area contributed by atoms with Crippen molar-refractivity contribution in [1.82, 2.24) is 0 Å². The van der Waals surface area contributed by atoms with Crippen LogP contribution in [0.25, 0.3) is 0 Å². The van der Waals surface area contributed by atoms with Gasteiger partial charge in [0.2, 0.25) is 0 Å². The third kappa shape index (κ3) is 4.44. The minimum Gasteiger partial charge on any atom is -0.299 e. The van der Waals surface area contributed by atoms with E-state index in [1.807, 2.05) is 6.92 Å². The van der Waals surface area contributed by atoms with E-state index in [1.165, 1.54) is 77.0 Å². The maximum atomic E-state index is 11.9. The van der Waals surface area contributed by atoms with E-state index in [-0.39, 0.29) is 0 Å². The van der Waals surface area contributed by atoms with Crippen LogP contribution in [-0.2, 0) is 4.79 Å². The summed E-state index contributed by atoms with van der Waals surface area (Å²) >= 11 is 0. The molecule has 1 heteroatoms. The highest BCUT2D eigenvalue weighted by Gasteiger charge is 2.38. The molecule has 3 rings (SSSR count). The summed E-state index contributed by atoms with van der Waals surface area (Å²) in [6, 6.07) is 0. The first kappa shape index (κ1) is 18.5. The Hall–Kier alpha value is -0.330. The van der Waals surface area contributed by atoms with Gasteiger partial charge in [-0.2, -0.15) is 0 Å². The van der Waals surface area contributed by atoms with Gasteiger partial charge in [-0.25, -0.2) is 0 Å². The van der Waals surface area contributed by atoms with Crippen LogP contribution in [0.15, 0.2) is 0 Å². The second-order valence-corrected chi connectivity index (χ2v) is 9.35. The van der Waals surface area contributed by atoms with Gasteiger partial charge >= 0.3 is 0 Å². The number of unbranched alkanes of at least 4 members (excludes halogenated alkanes) is 1. The molecule has 3 aliphatic rings. The fourth-order valence-corrected chi connectivity index (χ4v) is 6.41. The summed E-state index contributed by atoms with van der Waals surface area (Å²) in [5, 5.41) is 0. The molecule has 3 aliphatic carbocycles. The van der Waals surface area contributed by atoms with Crippen molar-refractivity contribution in [3.63, 3.8) is 0 Å². The van der Waals surface area contributed by atoms with Gasteiger partial charge < -0.3 is 0 Å². The van der Waals surface area contributed by atoms with E-state index in [0.29, 0.717) is 11.7 Å². The van der Waals surface area contributed by atoms with Crippen LogP contribution in [0.3, 0.4) is 0 Å². The average molecular weight is 333 g/mol. The Morgan fingerprint density at radius 1 is 0.750 bits per heavy atom. The lowest BCUT2D eigenvalue weighted by Gasteiger charge is -2.45. The molecule has 0 N–H and O–H groups in total. The van der Waals surface area contributed by atoms with Crippen LogP contribution in [0.1, 0.15) is 104 Å². The molecule has 0 aromatic carbocycles. The summed E-state index contributed by atoms with van der Waals surface area (Å²) < 4.78 is 0. The van der Waals surface area contributed by atoms with Crippen molar-refractivity contribution in [2.45, 2.75) is 104 Å². The van der Waals surface area contributed by atoms with E-state index in [1.54, 1.807) is 6.42 Å². The largest absolute Gasteiger partial charge is 0.299 e. The van der Waals surface area contributed by atoms with Crippen molar-refractivity contribution >= 4 is 5.78 Å². The molecule has 1 nitrogen and oxygen atoms in total. The zero-order valence-electron chi connectivity index (χ0n) is 16.3. The van der Waals surface area contributed by atoms with Crippen molar-refractivity contribution in [3.05, 3.63) is 0 Å². The van der Waals surface area contributed by atoms with Gasteiger partial charge in [0.1, 0.15) is 5.78 Å². The molecule has 0 aliphatic heterocycles. The molecule has 0 bridgehead atoms. The molecule has 0 aromatic rings. The summed E-state index contributed by atoms with van der Waals surface area (Å²) in [6.07, 6.45) is 19.3. The molecule has 0 spiro atoms. The predicted octanol–water partition coefficient (Wildman–Crippen LogP) is 6.79. The summed E-state index contributed by atoms with van der Waals surface area (Å²) in [6.45, 7) is 4.37. The first-order chi connectivity index (χ1) is 11.7. The highest BCUT2D eigenvalue weighted by Crippen LogP contribution is 2.49. The molecule has 3 fully saturated rings. The van der Waals surface area contributed by atoms with Crippen LogP contribution in [0.5, 0.6) is 0 Å². The van der Waals surface area contributed by atoms with Crippen molar-refractivity contribution in [1.29, 1.82) is 0 Å². The molecular weight excluding hydrogens is 292 g/mol. The number of ketones is 1. The fraction of sp³-hybridized carbons (Fsp3) is 0.957. The maximum absolute atomic E-state index is 11.9. The van der Waals surface area contributed by atoms with E-state index >= 15 is 0 Å². The van der Waals surface area contributed by atoms with Crippen LogP contribution < -0.4 is 0 Å². The number of hydrogen-bond acceptors (Lipinski definition) is 1. The Morgan fingerprint density at radius 3 is 2.00 bits per heavy atom. The Morgan fingerprint density at radius 2 is 1.33 bits per heavy atom. The quantitative estimate of drug-likeness (QED) is 0.523. The molecule has 0 saturated heterocycles. The summed E-state index contributed by atoms with van der Waals surface area (Å²) in [4.78, 5) is 11.9. The third-order valence-corrected chi connectivity index (χ3v) is 7.97. The minimum absolute atomic E-state index is 0.414. The topological polar surface area (TPSA) is 17.1 Å². The molecule has 0 radical (unpaired) electrons. The van der Waals surface area contributed by atoms with E-state index in [0.717, 1.165) is 36.0 Å². The standard InChI is InChI=1S/C23H40O/c1-3-5-6-17-7-8-22-16-21(14-13-20(22)15-17)18-9-11-19(12-10-18)23(24)4-2/h17-22H,3-16H2,1-2H3/t17-,18?,19?,20-,21+,22+/m0/s1. The number of rotatable bonds is 6. The maximum Gasteiger partial charge on any atom is 0.135 e. The number of Topliss-reactive ketones (excluding diaryl/α,β-unsaturated/α-hetero) is 1. The minimum atomic E-state index is 0.414. The van der Waals surface area contributed by atoms with Crippen LogP contribution in [0.2, 0.25) is 0 Å². The number of hydrogen-bond donors (Lipinski definition) is 0. The van der Waals surface area contributed by atoms with Crippen molar-refractivity contribution in [3.8, 4) is 0 Å². The highest BCUT2D eigenvalue weighted by molar-refractivity contribution is 5.80. The van der Waals surface area contributed by atoms with Crippen molar-refractivity contribution < 1.29 is 4.79 Å². The zero-order chi connectivity index (χ0) is 16.9. The lowest BCUT2D eigenvalue weighted by atomic mass is 9.60. The number of carbonyl (C=O) groups is 1. The molecule has 4 atom stereocenters. The van der Waals surface area contributed by atoms with Gasteiger partial charge in [-0.05, 0) is 87.4 Å². The molecule has 0 unspecified atom stereocenters. The van der Waals surface area contributed by atoms with E-state index < -0.39 is 0 Å². The molecule has 138 valence electrons. The fourth-order valence-electron chi connectivity index (χ4n) is 6.41. The Balaban J connectivity index is 1.44. The Kier molecular flexibility index (Phi) is 6.81. The summed E-state index contributed by atoms with van der Waals surface area (Å²) in [5.41, 5.74) is 0. The van der Waals surface area contributed by atoms with Crippen molar-refractivity contribution in [2.75, 3.05) is 0 Å². The lowest BCUT2D eigenvalue weighted by molar-refractivity contribution is -0.124. The first-order valence-corrected chi connectivity index (χ1v) is 11.2. The highest BCUT2D eigenvalue weighted by atomic mass is 16.1. The van der Waals surface area contributed by atoms with Gasteiger partial charge in [-0.3, -0.25) is 4.79 Å². The van der Waals surface area contributed by atoms with E-state index in [9.17, 15) is 4.79 Å². The number of fused-ring (bicyclic) bond motifs is 1. The normalized spacial score (nSPS) is 40.1. The number of carbonyl (C=O) groups excluding carboxylic acids is 1. The van der Waals surface area contributed by atoms with Gasteiger partial charge in [0, 0.05) is 12.3 Å². The van der Waals surface area contributed by atoms with Gasteiger partial charge in [-0.15, -0.1) is 0 Å². The Labute approximate surface area is 150 Å². The van der Waals surface area contributed by atoms with Crippen LogP contribution in [-0.4, -0.2) is 5.78 Å². The van der Waals surface area contributed by atoms with Gasteiger partial charge in [-0.1, -0.05) is 39.5 Å². The van der Waals surface area contributed by atoms with Crippen LogP contribution >= 0.6 is 0 Å². The lowest BCUT2D eigenvalue weighted by Crippen LogP contribution is -2.35. The molecular formula is C23H40O.